The van der Waals surface area contributed by atoms with Crippen molar-refractivity contribution in [2.24, 2.45) is 5.92 Å². The van der Waals surface area contributed by atoms with Crippen LogP contribution >= 0.6 is 0 Å². The number of ether oxygens (including phenoxy) is 1. The maximum absolute atomic E-state index is 5.92. The van der Waals surface area contributed by atoms with Gasteiger partial charge in [-0.3, -0.25) is 5.10 Å². The van der Waals surface area contributed by atoms with E-state index in [1.807, 2.05) is 6.20 Å². The maximum atomic E-state index is 5.92. The van der Waals surface area contributed by atoms with Crippen LogP contribution < -0.4 is 10.2 Å². The Labute approximate surface area is 124 Å². The minimum absolute atomic E-state index is 0.418. The minimum atomic E-state index is 0.418. The van der Waals surface area contributed by atoms with Crippen molar-refractivity contribution in [3.8, 4) is 0 Å². The second kappa shape index (κ2) is 5.66. The molecule has 1 saturated heterocycles. The molecule has 2 N–H and O–H groups in total. The fraction of sp³-hybridized carbons (Fsp3) is 0.562. The van der Waals surface area contributed by atoms with Gasteiger partial charge in [-0.05, 0) is 37.0 Å². The summed E-state index contributed by atoms with van der Waals surface area (Å²) < 4.78 is 5.92. The zero-order valence-corrected chi connectivity index (χ0v) is 12.2. The van der Waals surface area contributed by atoms with Crippen molar-refractivity contribution in [3.63, 3.8) is 0 Å². The van der Waals surface area contributed by atoms with Crippen molar-refractivity contribution in [1.82, 2.24) is 15.5 Å². The third-order valence-corrected chi connectivity index (χ3v) is 4.47. The van der Waals surface area contributed by atoms with E-state index in [1.165, 1.54) is 23.9 Å². The fourth-order valence-electron chi connectivity index (χ4n) is 3.01. The molecule has 0 bridgehead atoms. The van der Waals surface area contributed by atoms with Gasteiger partial charge in [0.05, 0.1) is 24.4 Å². The first-order chi connectivity index (χ1) is 10.4. The molecule has 2 aliphatic rings. The lowest BCUT2D eigenvalue weighted by Crippen LogP contribution is -2.53. The van der Waals surface area contributed by atoms with Gasteiger partial charge < -0.3 is 15.0 Å². The van der Waals surface area contributed by atoms with Gasteiger partial charge in [0.25, 0.3) is 0 Å². The Morgan fingerprint density at radius 2 is 2.24 bits per heavy atom. The van der Waals surface area contributed by atoms with Crippen LogP contribution in [-0.4, -0.2) is 49.1 Å². The van der Waals surface area contributed by atoms with Crippen LogP contribution in [0, 0.1) is 5.92 Å². The molecule has 4 rings (SSSR count). The second-order valence-corrected chi connectivity index (χ2v) is 6.17. The number of rotatable bonds is 5. The van der Waals surface area contributed by atoms with Crippen LogP contribution in [0.1, 0.15) is 12.8 Å². The van der Waals surface area contributed by atoms with Crippen LogP contribution in [0.4, 0.5) is 5.69 Å². The standard InChI is InChI=1S/C16H22N4O/c1-2-12(1)10-21-11-15-9-17-5-6-20(15)14-3-4-16-13(7-14)8-18-19-16/h3-4,7-8,12,15,17H,1-2,5-6,9-11H2,(H,18,19). The molecule has 5 nitrogen and oxygen atoms in total. The first kappa shape index (κ1) is 13.1. The van der Waals surface area contributed by atoms with E-state index >= 15 is 0 Å². The third kappa shape index (κ3) is 2.89. The Bertz CT molecular complexity index is 607. The summed E-state index contributed by atoms with van der Waals surface area (Å²) in [6.45, 7) is 4.80. The maximum Gasteiger partial charge on any atom is 0.0682 e. The molecule has 2 aromatic rings. The van der Waals surface area contributed by atoms with Crippen LogP contribution in [-0.2, 0) is 4.74 Å². The molecular weight excluding hydrogens is 264 g/mol. The number of nitrogens with zero attached hydrogens (tertiary/aromatic N) is 2. The van der Waals surface area contributed by atoms with Crippen molar-refractivity contribution in [3.05, 3.63) is 24.4 Å². The van der Waals surface area contributed by atoms with Crippen LogP contribution in [0.5, 0.6) is 0 Å². The number of hydrogen-bond donors (Lipinski definition) is 2. The highest BCUT2D eigenvalue weighted by atomic mass is 16.5. The monoisotopic (exact) mass is 286 g/mol. The molecule has 0 spiro atoms. The molecule has 2 heterocycles. The number of hydrogen-bond acceptors (Lipinski definition) is 4. The number of anilines is 1. The normalized spacial score (nSPS) is 22.9. The molecule has 1 aromatic heterocycles. The first-order valence-corrected chi connectivity index (χ1v) is 7.88. The summed E-state index contributed by atoms with van der Waals surface area (Å²) >= 11 is 0. The number of nitrogens with one attached hydrogen (secondary N) is 2. The van der Waals surface area contributed by atoms with Crippen molar-refractivity contribution in [2.75, 3.05) is 37.7 Å². The zero-order chi connectivity index (χ0) is 14.1. The Morgan fingerprint density at radius 1 is 1.29 bits per heavy atom. The molecule has 5 heteroatoms. The molecule has 1 saturated carbocycles. The van der Waals surface area contributed by atoms with Crippen molar-refractivity contribution < 1.29 is 4.74 Å². The van der Waals surface area contributed by atoms with Crippen LogP contribution in [0.25, 0.3) is 10.9 Å². The van der Waals surface area contributed by atoms with E-state index in [2.05, 4.69) is 38.6 Å². The van der Waals surface area contributed by atoms with Gasteiger partial charge >= 0.3 is 0 Å². The van der Waals surface area contributed by atoms with E-state index in [1.54, 1.807) is 0 Å². The van der Waals surface area contributed by atoms with Gasteiger partial charge in [-0.25, -0.2) is 0 Å². The van der Waals surface area contributed by atoms with E-state index in [4.69, 9.17) is 4.74 Å². The van der Waals surface area contributed by atoms with Crippen molar-refractivity contribution in [2.45, 2.75) is 18.9 Å². The number of piperazine rings is 1. The summed E-state index contributed by atoms with van der Waals surface area (Å²) in [5, 5.41) is 11.8. The van der Waals surface area contributed by atoms with Gasteiger partial charge in [0, 0.05) is 37.3 Å². The Hall–Kier alpha value is -1.59. The lowest BCUT2D eigenvalue weighted by molar-refractivity contribution is 0.106. The molecule has 2 fully saturated rings. The molecule has 21 heavy (non-hydrogen) atoms. The van der Waals surface area contributed by atoms with E-state index in [9.17, 15) is 0 Å². The Balaban J connectivity index is 1.48. The van der Waals surface area contributed by atoms with Gasteiger partial charge in [-0.2, -0.15) is 5.10 Å². The number of benzene rings is 1. The van der Waals surface area contributed by atoms with E-state index in [-0.39, 0.29) is 0 Å². The molecule has 1 unspecified atom stereocenters. The number of fused-ring (bicyclic) bond motifs is 1. The predicted molar refractivity (Wildman–Crippen MR) is 83.6 cm³/mol. The topological polar surface area (TPSA) is 53.2 Å². The van der Waals surface area contributed by atoms with Crippen molar-refractivity contribution >= 4 is 16.6 Å². The van der Waals surface area contributed by atoms with Gasteiger partial charge in [0.15, 0.2) is 0 Å². The highest BCUT2D eigenvalue weighted by Crippen LogP contribution is 2.29. The van der Waals surface area contributed by atoms with E-state index in [0.29, 0.717) is 6.04 Å². The average molecular weight is 286 g/mol. The Morgan fingerprint density at radius 3 is 3.14 bits per heavy atom. The highest BCUT2D eigenvalue weighted by molar-refractivity contribution is 5.82. The molecule has 0 radical (unpaired) electrons. The predicted octanol–water partition coefficient (Wildman–Crippen LogP) is 1.77. The van der Waals surface area contributed by atoms with Crippen LogP contribution in [0.3, 0.4) is 0 Å². The summed E-state index contributed by atoms with van der Waals surface area (Å²) in [7, 11) is 0. The lowest BCUT2D eigenvalue weighted by atomic mass is 10.1. The molecule has 1 aliphatic heterocycles. The summed E-state index contributed by atoms with van der Waals surface area (Å²) in [6.07, 6.45) is 4.59. The summed E-state index contributed by atoms with van der Waals surface area (Å²) in [5.41, 5.74) is 2.36. The SMILES string of the molecule is c1cc2[nH]ncc2cc1N1CCNCC1COCC1CC1. The van der Waals surface area contributed by atoms with Crippen LogP contribution in [0.2, 0.25) is 0 Å². The molecule has 1 aromatic carbocycles. The van der Waals surface area contributed by atoms with Gasteiger partial charge in [-0.15, -0.1) is 0 Å². The largest absolute Gasteiger partial charge is 0.379 e. The number of H-pyrrole nitrogens is 1. The molecule has 1 aliphatic carbocycles. The van der Waals surface area contributed by atoms with Crippen LogP contribution in [0.15, 0.2) is 24.4 Å². The molecule has 112 valence electrons. The number of aromatic amines is 1. The molecular formula is C16H22N4O. The average Bonchev–Trinajstić information content (AvgIpc) is 3.22. The van der Waals surface area contributed by atoms with Gasteiger partial charge in [-0.1, -0.05) is 0 Å². The quantitative estimate of drug-likeness (QED) is 0.879. The highest BCUT2D eigenvalue weighted by Gasteiger charge is 2.25. The smallest absolute Gasteiger partial charge is 0.0682 e. The van der Waals surface area contributed by atoms with Gasteiger partial charge in [0.2, 0.25) is 0 Å². The summed E-state index contributed by atoms with van der Waals surface area (Å²) in [5.74, 6) is 0.831. The summed E-state index contributed by atoms with van der Waals surface area (Å²) in [4.78, 5) is 2.47. The lowest BCUT2D eigenvalue weighted by Gasteiger charge is -2.38. The molecule has 0 amide bonds. The van der Waals surface area contributed by atoms with Crippen molar-refractivity contribution in [1.29, 1.82) is 0 Å². The fourth-order valence-corrected chi connectivity index (χ4v) is 3.01. The second-order valence-electron chi connectivity index (χ2n) is 6.17. The molecule has 1 atom stereocenters. The number of aromatic nitrogens is 2. The van der Waals surface area contributed by atoms with Gasteiger partial charge in [0.1, 0.15) is 0 Å². The summed E-state index contributed by atoms with van der Waals surface area (Å²) in [6, 6.07) is 6.93. The Kier molecular flexibility index (Phi) is 3.53. The minimum Gasteiger partial charge on any atom is -0.379 e. The first-order valence-electron chi connectivity index (χ1n) is 7.88. The van der Waals surface area contributed by atoms with E-state index < -0.39 is 0 Å². The third-order valence-electron chi connectivity index (χ3n) is 4.47. The van der Waals surface area contributed by atoms with E-state index in [0.717, 1.165) is 44.3 Å². The zero-order valence-electron chi connectivity index (χ0n) is 12.2.